The van der Waals surface area contributed by atoms with Crippen molar-refractivity contribution in [3.05, 3.63) is 30.0 Å². The van der Waals surface area contributed by atoms with Crippen molar-refractivity contribution in [2.45, 2.75) is 32.9 Å². The van der Waals surface area contributed by atoms with Crippen LogP contribution in [0, 0.1) is 5.92 Å². The highest BCUT2D eigenvalue weighted by molar-refractivity contribution is 5.85. The molecular weight excluding hydrogens is 354 g/mol. The first-order chi connectivity index (χ1) is 13.7. The molecular formula is C22H31N3O3. The number of amides is 1. The molecule has 6 heteroatoms. The SMILES string of the molecule is CCn1cc(CN2CCC(C(=O)N3CCOCC3)CC2)c2cc(OC)ccc21. The minimum absolute atomic E-state index is 0.173. The number of hydrogen-bond acceptors (Lipinski definition) is 4. The first-order valence-corrected chi connectivity index (χ1v) is 10.4. The van der Waals surface area contributed by atoms with E-state index in [1.165, 1.54) is 16.5 Å². The molecule has 28 heavy (non-hydrogen) atoms. The molecule has 0 saturated carbocycles. The lowest BCUT2D eigenvalue weighted by Gasteiger charge is -2.35. The van der Waals surface area contributed by atoms with Crippen molar-refractivity contribution in [2.24, 2.45) is 5.92 Å². The molecule has 2 fully saturated rings. The molecule has 152 valence electrons. The van der Waals surface area contributed by atoms with Gasteiger partial charge >= 0.3 is 0 Å². The van der Waals surface area contributed by atoms with Gasteiger partial charge in [-0.15, -0.1) is 0 Å². The monoisotopic (exact) mass is 385 g/mol. The maximum atomic E-state index is 12.7. The van der Waals surface area contributed by atoms with E-state index in [0.29, 0.717) is 19.1 Å². The number of aromatic nitrogens is 1. The first kappa shape index (κ1) is 19.3. The fourth-order valence-electron chi connectivity index (χ4n) is 4.49. The summed E-state index contributed by atoms with van der Waals surface area (Å²) >= 11 is 0. The Bertz CT molecular complexity index is 818. The van der Waals surface area contributed by atoms with Crippen LogP contribution in [0.15, 0.2) is 24.4 Å². The normalized spacial score (nSPS) is 19.3. The van der Waals surface area contributed by atoms with Gasteiger partial charge < -0.3 is 18.9 Å². The molecule has 0 atom stereocenters. The van der Waals surface area contributed by atoms with E-state index in [0.717, 1.165) is 57.9 Å². The van der Waals surface area contributed by atoms with Crippen molar-refractivity contribution in [2.75, 3.05) is 46.5 Å². The van der Waals surface area contributed by atoms with Crippen molar-refractivity contribution < 1.29 is 14.3 Å². The smallest absolute Gasteiger partial charge is 0.225 e. The Balaban J connectivity index is 1.41. The van der Waals surface area contributed by atoms with Gasteiger partial charge in [0, 0.05) is 49.2 Å². The number of ether oxygens (including phenoxy) is 2. The summed E-state index contributed by atoms with van der Waals surface area (Å²) in [5.41, 5.74) is 2.60. The Labute approximate surface area is 167 Å². The first-order valence-electron chi connectivity index (χ1n) is 10.4. The molecule has 2 saturated heterocycles. The molecule has 3 heterocycles. The summed E-state index contributed by atoms with van der Waals surface area (Å²) in [7, 11) is 1.72. The van der Waals surface area contributed by atoms with E-state index in [1.807, 2.05) is 11.0 Å². The summed E-state index contributed by atoms with van der Waals surface area (Å²) < 4.78 is 13.1. The zero-order valence-electron chi connectivity index (χ0n) is 17.0. The lowest BCUT2D eigenvalue weighted by atomic mass is 9.94. The lowest BCUT2D eigenvalue weighted by Crippen LogP contribution is -2.46. The number of methoxy groups -OCH3 is 1. The van der Waals surface area contributed by atoms with Crippen LogP contribution >= 0.6 is 0 Å². The van der Waals surface area contributed by atoms with Crippen molar-refractivity contribution in [3.8, 4) is 5.75 Å². The van der Waals surface area contributed by atoms with Crippen LogP contribution in [0.25, 0.3) is 10.9 Å². The van der Waals surface area contributed by atoms with Gasteiger partial charge in [-0.3, -0.25) is 9.69 Å². The summed E-state index contributed by atoms with van der Waals surface area (Å²) in [5.74, 6) is 1.40. The largest absolute Gasteiger partial charge is 0.497 e. The quantitative estimate of drug-likeness (QED) is 0.794. The molecule has 0 spiro atoms. The lowest BCUT2D eigenvalue weighted by molar-refractivity contribution is -0.141. The van der Waals surface area contributed by atoms with Crippen molar-refractivity contribution >= 4 is 16.8 Å². The van der Waals surface area contributed by atoms with E-state index < -0.39 is 0 Å². The van der Waals surface area contributed by atoms with Crippen LogP contribution in [0.2, 0.25) is 0 Å². The van der Waals surface area contributed by atoms with Gasteiger partial charge in [0.25, 0.3) is 0 Å². The molecule has 4 rings (SSSR count). The Kier molecular flexibility index (Phi) is 5.87. The number of fused-ring (bicyclic) bond motifs is 1. The predicted octanol–water partition coefficient (Wildman–Crippen LogP) is 2.74. The molecule has 6 nitrogen and oxygen atoms in total. The van der Waals surface area contributed by atoms with Gasteiger partial charge in [-0.05, 0) is 56.6 Å². The van der Waals surface area contributed by atoms with Crippen LogP contribution in [0.4, 0.5) is 0 Å². The second kappa shape index (κ2) is 8.53. The summed E-state index contributed by atoms with van der Waals surface area (Å²) in [6.45, 7) is 8.86. The number of morpholine rings is 1. The van der Waals surface area contributed by atoms with Gasteiger partial charge in [0.1, 0.15) is 5.75 Å². The van der Waals surface area contributed by atoms with E-state index in [4.69, 9.17) is 9.47 Å². The fourth-order valence-corrected chi connectivity index (χ4v) is 4.49. The highest BCUT2D eigenvalue weighted by Crippen LogP contribution is 2.29. The average molecular weight is 386 g/mol. The summed E-state index contributed by atoms with van der Waals surface area (Å²) in [6, 6.07) is 6.32. The molecule has 0 bridgehead atoms. The molecule has 2 aliphatic rings. The molecule has 1 amide bonds. The van der Waals surface area contributed by atoms with E-state index in [1.54, 1.807) is 7.11 Å². The molecule has 2 aromatic rings. The average Bonchev–Trinajstić information content (AvgIpc) is 3.11. The summed E-state index contributed by atoms with van der Waals surface area (Å²) in [6.07, 6.45) is 4.17. The Morgan fingerprint density at radius 1 is 1.18 bits per heavy atom. The van der Waals surface area contributed by atoms with Gasteiger partial charge in [-0.25, -0.2) is 0 Å². The minimum Gasteiger partial charge on any atom is -0.497 e. The van der Waals surface area contributed by atoms with Crippen LogP contribution < -0.4 is 4.74 Å². The third-order valence-corrected chi connectivity index (χ3v) is 6.16. The Hall–Kier alpha value is -2.05. The Morgan fingerprint density at radius 3 is 2.61 bits per heavy atom. The maximum absolute atomic E-state index is 12.7. The number of carbonyl (C=O) groups is 1. The van der Waals surface area contributed by atoms with Gasteiger partial charge in [-0.1, -0.05) is 0 Å². The highest BCUT2D eigenvalue weighted by Gasteiger charge is 2.29. The van der Waals surface area contributed by atoms with Crippen LogP contribution in [-0.2, 0) is 22.6 Å². The minimum atomic E-state index is 0.173. The van der Waals surface area contributed by atoms with Gasteiger partial charge in [0.2, 0.25) is 5.91 Å². The number of carbonyl (C=O) groups excluding carboxylic acids is 1. The number of hydrogen-bond donors (Lipinski definition) is 0. The van der Waals surface area contributed by atoms with Crippen molar-refractivity contribution in [3.63, 3.8) is 0 Å². The number of likely N-dealkylation sites (tertiary alicyclic amines) is 1. The van der Waals surface area contributed by atoms with Gasteiger partial charge in [0.15, 0.2) is 0 Å². The van der Waals surface area contributed by atoms with Crippen LogP contribution in [0.1, 0.15) is 25.3 Å². The van der Waals surface area contributed by atoms with Crippen LogP contribution in [0.3, 0.4) is 0 Å². The third kappa shape index (κ3) is 3.89. The van der Waals surface area contributed by atoms with E-state index >= 15 is 0 Å². The molecule has 0 unspecified atom stereocenters. The number of nitrogens with zero attached hydrogens (tertiary/aromatic N) is 3. The van der Waals surface area contributed by atoms with Crippen molar-refractivity contribution in [1.82, 2.24) is 14.4 Å². The topological polar surface area (TPSA) is 46.9 Å². The number of rotatable bonds is 5. The van der Waals surface area contributed by atoms with Crippen molar-refractivity contribution in [1.29, 1.82) is 0 Å². The fraction of sp³-hybridized carbons (Fsp3) is 0.591. The van der Waals surface area contributed by atoms with Gasteiger partial charge in [-0.2, -0.15) is 0 Å². The van der Waals surface area contributed by atoms with Gasteiger partial charge in [0.05, 0.1) is 20.3 Å². The maximum Gasteiger partial charge on any atom is 0.225 e. The number of aryl methyl sites for hydroxylation is 1. The standard InChI is InChI=1S/C22H31N3O3/c1-3-24-16-18(20-14-19(27-2)4-5-21(20)24)15-23-8-6-17(7-9-23)22(26)25-10-12-28-13-11-25/h4-5,14,16-17H,3,6-13,15H2,1-2H3. The van der Waals surface area contributed by atoms with E-state index in [-0.39, 0.29) is 5.92 Å². The Morgan fingerprint density at radius 2 is 1.93 bits per heavy atom. The molecule has 0 radical (unpaired) electrons. The molecule has 1 aromatic carbocycles. The van der Waals surface area contributed by atoms with Crippen LogP contribution in [-0.4, -0.2) is 66.8 Å². The summed E-state index contributed by atoms with van der Waals surface area (Å²) in [4.78, 5) is 17.2. The molecule has 1 aromatic heterocycles. The van der Waals surface area contributed by atoms with Crippen LogP contribution in [0.5, 0.6) is 5.75 Å². The molecule has 2 aliphatic heterocycles. The number of benzene rings is 1. The summed E-state index contributed by atoms with van der Waals surface area (Å²) in [5, 5.41) is 1.27. The number of piperidine rings is 1. The third-order valence-electron chi connectivity index (χ3n) is 6.16. The second-order valence-corrected chi connectivity index (χ2v) is 7.81. The highest BCUT2D eigenvalue weighted by atomic mass is 16.5. The zero-order chi connectivity index (χ0) is 19.5. The zero-order valence-corrected chi connectivity index (χ0v) is 17.0. The van der Waals surface area contributed by atoms with E-state index in [2.05, 4.69) is 34.7 Å². The predicted molar refractivity (Wildman–Crippen MR) is 110 cm³/mol. The second-order valence-electron chi connectivity index (χ2n) is 7.81. The van der Waals surface area contributed by atoms with E-state index in [9.17, 15) is 4.79 Å². The molecule has 0 aliphatic carbocycles. The molecule has 0 N–H and O–H groups in total.